The fraction of sp³-hybridized carbons (Fsp3) is 0.0339. The average Bonchev–Trinajstić information content (AvgIpc) is 1.68. The smallest absolute Gasteiger partial charge is 0.249 e. The lowest BCUT2D eigenvalue weighted by atomic mass is 9.34. The number of hydrogen-bond donors (Lipinski definition) is 0. The van der Waals surface area contributed by atoms with Crippen LogP contribution >= 0.6 is 11.8 Å². The molecule has 0 N–H and O–H groups in total. The lowest BCUT2D eigenvalue weighted by Crippen LogP contribution is -2.60. The first-order valence-corrected chi connectivity index (χ1v) is 42.9. The third-order valence-corrected chi connectivity index (χ3v) is 25.6. The first kappa shape index (κ1) is 67.8. The lowest BCUT2D eigenvalue weighted by Gasteiger charge is -2.42. The summed E-state index contributed by atoms with van der Waals surface area (Å²) in [4.78, 5) is 6.83. The molecule has 0 atom stereocenters. The summed E-state index contributed by atoms with van der Waals surface area (Å²) in [6, 6.07) is 148. The van der Waals surface area contributed by atoms with Gasteiger partial charge in [-0.2, -0.15) is 0 Å². The van der Waals surface area contributed by atoms with Crippen LogP contribution in [0.25, 0.3) is 150 Å². The monoisotopic (exact) mass is 1590 g/mol. The molecule has 0 radical (unpaired) electrons. The summed E-state index contributed by atoms with van der Waals surface area (Å²) in [5.74, 6) is 0. The maximum atomic E-state index is 10.7. The SMILES string of the molecule is [2H]c1c(-c2ccccc2)c([2H])c2c3c([2H])c(-c4ccccc4)c([2H])c([2H])c3n(-c3cc4c5c(c3)N(c3ccc(C(C)(C)C)cc3-c3cc(-c6ccccc6)cc(-c6ccccc6)c3)c3cc(N(c6ccc(-c7ccccc7)cc6)c6cccc(-c7ccccc7)c6)ccc3B5c3cc(-c5cc(-c6ccccc6)cc(-c6ccccc6)c5)cc(-c5ccccc5)c3S4)c2c1[2H]. The number of hydrogen-bond acceptors (Lipinski definition) is 3. The van der Waals surface area contributed by atoms with Gasteiger partial charge in [0, 0.05) is 60.3 Å². The van der Waals surface area contributed by atoms with E-state index in [4.69, 9.17) is 0 Å². The second-order valence-corrected chi connectivity index (χ2v) is 34.1. The molecule has 0 unspecified atom stereocenters. The Kier molecular flexibility index (Phi) is 17.3. The van der Waals surface area contributed by atoms with E-state index in [1.54, 1.807) is 11.8 Å². The Balaban J connectivity index is 0.900. The van der Waals surface area contributed by atoms with Gasteiger partial charge in [0.15, 0.2) is 0 Å². The van der Waals surface area contributed by atoms with Gasteiger partial charge in [0.2, 0.25) is 6.71 Å². The van der Waals surface area contributed by atoms with Gasteiger partial charge in [0.1, 0.15) is 0 Å². The quantitative estimate of drug-likeness (QED) is 0.0894. The molecule has 0 amide bonds. The van der Waals surface area contributed by atoms with Gasteiger partial charge in [-0.05, 0) is 266 Å². The zero-order chi connectivity index (χ0) is 87.3. The summed E-state index contributed by atoms with van der Waals surface area (Å²) in [6.45, 7) is 6.34. The van der Waals surface area contributed by atoms with Gasteiger partial charge in [-0.3, -0.25) is 0 Å². The van der Waals surface area contributed by atoms with Crippen LogP contribution < -0.4 is 26.2 Å². The van der Waals surface area contributed by atoms with Crippen molar-refractivity contribution in [3.63, 3.8) is 0 Å². The molecule has 1 aromatic heterocycles. The standard InChI is InChI=1S/C118H84BN3S/c1-118(2,3)99-56-63-110(104(75-99)98-68-94(85-44-25-10-26-45-85)65-95(69-98)86-46-27-11-28-47-86)122-113-76-102(120(100-57-52-87(53-58-100)79-32-13-4-14-33-79)101-51-31-50-89(70-101)80-34-15-5-16-35-80)59-60-108(113)119-109-74-97(96-66-92(83-40-21-8-22-41-83)64-93(67-96)84-42-23-9-24-43-84)73-105(88-48-29-12-30-49-88)117(109)123-115-78-103(77-114(122)116(115)119)121-111-61-54-90(81-36-17-6-18-37-81)71-106(111)107-72-91(55-62-112(107)121)82-38-19-7-20-39-82/h4-78H,1-3H3/i54D,55D,61D,62D,71D,72D. The van der Waals surface area contributed by atoms with E-state index in [0.29, 0.717) is 16.8 Å². The maximum absolute atomic E-state index is 10.7. The Hall–Kier alpha value is -15.0. The van der Waals surface area contributed by atoms with Crippen LogP contribution in [0, 0.1) is 0 Å². The number of fused-ring (bicyclic) bond motifs is 7. The molecule has 3 heterocycles. The summed E-state index contributed by atoms with van der Waals surface area (Å²) in [6.07, 6.45) is 0. The fourth-order valence-electron chi connectivity index (χ4n) is 18.2. The van der Waals surface area contributed by atoms with Gasteiger partial charge >= 0.3 is 0 Å². The van der Waals surface area contributed by atoms with E-state index >= 15 is 0 Å². The summed E-state index contributed by atoms with van der Waals surface area (Å²) < 4.78 is 65.4. The maximum Gasteiger partial charge on any atom is 0.249 e. The molecule has 0 spiro atoms. The number of nitrogens with zero attached hydrogens (tertiary/aromatic N) is 3. The van der Waals surface area contributed by atoms with Crippen LogP contribution in [-0.2, 0) is 5.41 Å². The Morgan fingerprint density at radius 1 is 0.276 bits per heavy atom. The largest absolute Gasteiger partial charge is 0.311 e. The van der Waals surface area contributed by atoms with Crippen molar-refractivity contribution in [2.75, 3.05) is 9.80 Å². The Morgan fingerprint density at radius 3 is 1.15 bits per heavy atom. The van der Waals surface area contributed by atoms with Gasteiger partial charge in [0.25, 0.3) is 0 Å². The molecule has 0 bridgehead atoms. The van der Waals surface area contributed by atoms with E-state index in [1.807, 2.05) is 65.2 Å². The van der Waals surface area contributed by atoms with Crippen LogP contribution in [0.4, 0.5) is 34.1 Å². The average molecular weight is 1590 g/mol. The lowest BCUT2D eigenvalue weighted by molar-refractivity contribution is 0.590. The number of aromatic nitrogens is 1. The molecule has 0 saturated carbocycles. The van der Waals surface area contributed by atoms with Crippen LogP contribution in [0.5, 0.6) is 0 Å². The Bertz CT molecular complexity index is 7540. The molecule has 20 aromatic rings. The van der Waals surface area contributed by atoms with Gasteiger partial charge in [0.05, 0.1) is 24.9 Å². The van der Waals surface area contributed by atoms with E-state index in [-0.39, 0.29) is 74.6 Å². The summed E-state index contributed by atoms with van der Waals surface area (Å²) >= 11 is 1.71. The van der Waals surface area contributed by atoms with Crippen molar-refractivity contribution < 1.29 is 8.22 Å². The molecule has 0 saturated heterocycles. The van der Waals surface area contributed by atoms with Gasteiger partial charge in [-0.1, -0.05) is 366 Å². The topological polar surface area (TPSA) is 11.4 Å². The molecule has 2 aliphatic rings. The van der Waals surface area contributed by atoms with Gasteiger partial charge in [-0.25, -0.2) is 0 Å². The number of benzene rings is 19. The van der Waals surface area contributed by atoms with Crippen LogP contribution in [-0.4, -0.2) is 11.3 Å². The van der Waals surface area contributed by atoms with E-state index in [9.17, 15) is 8.22 Å². The van der Waals surface area contributed by atoms with Crippen molar-refractivity contribution >= 4 is 90.8 Å². The van der Waals surface area contributed by atoms with Crippen LogP contribution in [0.3, 0.4) is 0 Å². The summed E-state index contributed by atoms with van der Waals surface area (Å²) in [7, 11) is 0. The molecule has 5 heteroatoms. The minimum absolute atomic E-state index is 0.0467. The molecule has 22 rings (SSSR count). The van der Waals surface area contributed by atoms with Gasteiger partial charge < -0.3 is 14.4 Å². The molecular formula is C118H84BN3S. The Labute approximate surface area is 733 Å². The molecule has 19 aromatic carbocycles. The molecule has 123 heavy (non-hydrogen) atoms. The van der Waals surface area contributed by atoms with Crippen molar-refractivity contribution in [2.45, 2.75) is 36.0 Å². The van der Waals surface area contributed by atoms with E-state index in [0.717, 1.165) is 166 Å². The minimum atomic E-state index is -0.504. The second-order valence-electron chi connectivity index (χ2n) is 33.0. The van der Waals surface area contributed by atoms with E-state index < -0.39 is 6.71 Å². The molecule has 580 valence electrons. The van der Waals surface area contributed by atoms with Crippen molar-refractivity contribution in [1.29, 1.82) is 0 Å². The van der Waals surface area contributed by atoms with Crippen molar-refractivity contribution in [3.05, 3.63) is 460 Å². The van der Waals surface area contributed by atoms with E-state index in [1.165, 1.54) is 0 Å². The summed E-state index contributed by atoms with van der Waals surface area (Å²) in [5, 5.41) is 0.502. The molecule has 0 fully saturated rings. The Morgan fingerprint density at radius 2 is 0.675 bits per heavy atom. The molecule has 0 aliphatic carbocycles. The van der Waals surface area contributed by atoms with Crippen molar-refractivity contribution in [2.24, 2.45) is 0 Å². The van der Waals surface area contributed by atoms with E-state index in [2.05, 4.69) is 388 Å². The first-order valence-electron chi connectivity index (χ1n) is 45.1. The normalized spacial score (nSPS) is 12.8. The van der Waals surface area contributed by atoms with Crippen molar-refractivity contribution in [1.82, 2.24) is 4.57 Å². The van der Waals surface area contributed by atoms with Gasteiger partial charge in [-0.15, -0.1) is 0 Å². The summed E-state index contributed by atoms with van der Waals surface area (Å²) in [5.41, 5.74) is 30.9. The zero-order valence-corrected chi connectivity index (χ0v) is 69.0. The number of anilines is 6. The second kappa shape index (κ2) is 31.3. The first-order chi connectivity index (χ1) is 63.1. The molecule has 3 nitrogen and oxygen atoms in total. The van der Waals surface area contributed by atoms with Crippen LogP contribution in [0.15, 0.2) is 465 Å². The molecular weight excluding hydrogens is 1500 g/mol. The third-order valence-electron chi connectivity index (χ3n) is 24.3. The minimum Gasteiger partial charge on any atom is -0.311 e. The zero-order valence-electron chi connectivity index (χ0n) is 74.2. The highest BCUT2D eigenvalue weighted by molar-refractivity contribution is 8.00. The predicted octanol–water partition coefficient (Wildman–Crippen LogP) is 30.7. The third kappa shape index (κ3) is 13.9. The fourth-order valence-corrected chi connectivity index (χ4v) is 19.6. The van der Waals surface area contributed by atoms with Crippen LogP contribution in [0.1, 0.15) is 34.6 Å². The van der Waals surface area contributed by atoms with Crippen LogP contribution in [0.2, 0.25) is 0 Å². The predicted molar refractivity (Wildman–Crippen MR) is 524 cm³/mol. The number of rotatable bonds is 16. The highest BCUT2D eigenvalue weighted by Crippen LogP contribution is 2.53. The molecule has 2 aliphatic heterocycles. The highest BCUT2D eigenvalue weighted by Gasteiger charge is 2.44. The highest BCUT2D eigenvalue weighted by atomic mass is 32.2. The van der Waals surface area contributed by atoms with Crippen molar-refractivity contribution in [3.8, 4) is 128 Å².